The van der Waals surface area contributed by atoms with Gasteiger partial charge >= 0.3 is 0 Å². The molecule has 0 fully saturated rings. The Morgan fingerprint density at radius 2 is 0.951 bits per heavy atom. The van der Waals surface area contributed by atoms with Gasteiger partial charge in [-0.3, -0.25) is 0 Å². The van der Waals surface area contributed by atoms with Gasteiger partial charge in [-0.15, -0.1) is 0 Å². The molecule has 0 aliphatic heterocycles. The van der Waals surface area contributed by atoms with Gasteiger partial charge in [-0.05, 0) is 52.9 Å². The van der Waals surface area contributed by atoms with Crippen molar-refractivity contribution in [3.63, 3.8) is 0 Å². The van der Waals surface area contributed by atoms with Crippen molar-refractivity contribution in [3.05, 3.63) is 60.7 Å². The lowest BCUT2D eigenvalue weighted by Gasteiger charge is -2.43. The van der Waals surface area contributed by atoms with Gasteiger partial charge in [0.25, 0.3) is 8.32 Å². The number of hydrogen-bond donors (Lipinski definition) is 1. The van der Waals surface area contributed by atoms with Gasteiger partial charge in [0.05, 0.1) is 0 Å². The summed E-state index contributed by atoms with van der Waals surface area (Å²) < 4.78 is 7.01. The van der Waals surface area contributed by atoms with Crippen molar-refractivity contribution in [1.82, 2.24) is 0 Å². The van der Waals surface area contributed by atoms with E-state index in [9.17, 15) is 0 Å². The predicted molar refractivity (Wildman–Crippen MR) is 180 cm³/mol. The van der Waals surface area contributed by atoms with Crippen molar-refractivity contribution in [3.8, 4) is 23.7 Å². The minimum Gasteiger partial charge on any atom is -0.407 e. The average molecular weight is 573 g/mol. The van der Waals surface area contributed by atoms with Gasteiger partial charge in [-0.2, -0.15) is 0 Å². The molecule has 0 atom stereocenters. The maximum atomic E-state index is 8.79. The summed E-state index contributed by atoms with van der Waals surface area (Å²) in [4.78, 5) is 0. The van der Waals surface area contributed by atoms with Gasteiger partial charge in [0.2, 0.25) is 0 Å². The largest absolute Gasteiger partial charge is 0.407 e. The molecule has 0 heterocycles. The van der Waals surface area contributed by atoms with Gasteiger partial charge < -0.3 is 9.53 Å². The lowest BCUT2D eigenvalue weighted by atomic mass is 10.1. The SMILES string of the molecule is CC(C)(C)[Si](OCCCCCCCCCC#CC#CCCCCCCCCCO)(c1ccccc1)c1ccccc1. The number of hydrogen-bond acceptors (Lipinski definition) is 2. The molecule has 1 N–H and O–H groups in total. The first-order valence-electron chi connectivity index (χ1n) is 16.3. The monoisotopic (exact) mass is 572 g/mol. The fourth-order valence-electron chi connectivity index (χ4n) is 5.61. The van der Waals surface area contributed by atoms with E-state index in [-0.39, 0.29) is 5.04 Å². The first-order valence-corrected chi connectivity index (χ1v) is 18.2. The van der Waals surface area contributed by atoms with E-state index in [2.05, 4.69) is 105 Å². The van der Waals surface area contributed by atoms with Crippen molar-refractivity contribution in [2.24, 2.45) is 0 Å². The lowest BCUT2D eigenvalue weighted by molar-refractivity contribution is 0.282. The van der Waals surface area contributed by atoms with Crippen LogP contribution in [0.15, 0.2) is 60.7 Å². The summed E-state index contributed by atoms with van der Waals surface area (Å²) in [5.74, 6) is 12.5. The molecule has 0 bridgehead atoms. The van der Waals surface area contributed by atoms with Crippen molar-refractivity contribution >= 4 is 18.7 Å². The Morgan fingerprint density at radius 3 is 1.37 bits per heavy atom. The van der Waals surface area contributed by atoms with Crippen molar-refractivity contribution in [1.29, 1.82) is 0 Å². The number of benzene rings is 2. The number of unbranched alkanes of at least 4 members (excludes halogenated alkanes) is 14. The normalized spacial score (nSPS) is 11.4. The summed E-state index contributed by atoms with van der Waals surface area (Å²) >= 11 is 0. The second-order valence-electron chi connectivity index (χ2n) is 12.3. The molecule has 3 heteroatoms. The predicted octanol–water partition coefficient (Wildman–Crippen LogP) is 8.80. The van der Waals surface area contributed by atoms with Crippen LogP contribution in [0, 0.1) is 23.7 Å². The van der Waals surface area contributed by atoms with E-state index in [1.165, 1.54) is 81.0 Å². The van der Waals surface area contributed by atoms with E-state index in [4.69, 9.17) is 9.53 Å². The Bertz CT molecular complexity index is 995. The summed E-state index contributed by atoms with van der Waals surface area (Å²) in [6, 6.07) is 21.9. The molecule has 0 aliphatic rings. The Hall–Kier alpha value is -2.30. The van der Waals surface area contributed by atoms with Crippen molar-refractivity contribution in [2.75, 3.05) is 13.2 Å². The zero-order valence-electron chi connectivity index (χ0n) is 26.4. The summed E-state index contributed by atoms with van der Waals surface area (Å²) in [7, 11) is -2.39. The third-order valence-electron chi connectivity index (χ3n) is 7.88. The molecular weight excluding hydrogens is 517 g/mol. The molecule has 2 nitrogen and oxygen atoms in total. The van der Waals surface area contributed by atoms with Crippen LogP contribution in [0.4, 0.5) is 0 Å². The Labute approximate surface area is 253 Å². The van der Waals surface area contributed by atoms with E-state index < -0.39 is 8.32 Å². The van der Waals surface area contributed by atoms with E-state index in [1.807, 2.05) is 0 Å². The highest BCUT2D eigenvalue weighted by molar-refractivity contribution is 6.99. The van der Waals surface area contributed by atoms with Crippen LogP contribution in [0.25, 0.3) is 0 Å². The number of aliphatic hydroxyl groups is 1. The lowest BCUT2D eigenvalue weighted by Crippen LogP contribution is -2.66. The molecule has 224 valence electrons. The van der Waals surface area contributed by atoms with Gasteiger partial charge in [0.1, 0.15) is 0 Å². The maximum Gasteiger partial charge on any atom is 0.261 e. The van der Waals surface area contributed by atoms with Crippen LogP contribution in [0.1, 0.15) is 124 Å². The van der Waals surface area contributed by atoms with Crippen LogP contribution in [-0.4, -0.2) is 26.6 Å². The molecule has 41 heavy (non-hydrogen) atoms. The molecule has 2 aromatic carbocycles. The summed E-state index contributed by atoms with van der Waals surface area (Å²) in [5, 5.41) is 11.6. The molecule has 0 amide bonds. The smallest absolute Gasteiger partial charge is 0.261 e. The fourth-order valence-corrected chi connectivity index (χ4v) is 10.2. The quantitative estimate of drug-likeness (QED) is 0.0976. The summed E-state index contributed by atoms with van der Waals surface area (Å²) in [6.07, 6.45) is 19.0. The minimum absolute atomic E-state index is 0.0471. The van der Waals surface area contributed by atoms with E-state index in [0.29, 0.717) is 6.61 Å². The number of rotatable bonds is 20. The molecule has 0 unspecified atom stereocenters. The van der Waals surface area contributed by atoms with Crippen LogP contribution in [0.5, 0.6) is 0 Å². The van der Waals surface area contributed by atoms with E-state index >= 15 is 0 Å². The van der Waals surface area contributed by atoms with Gasteiger partial charge in [0.15, 0.2) is 0 Å². The zero-order valence-corrected chi connectivity index (χ0v) is 27.4. The zero-order chi connectivity index (χ0) is 29.5. The molecule has 2 rings (SSSR count). The second-order valence-corrected chi connectivity index (χ2v) is 16.6. The molecule has 2 aromatic rings. The Kier molecular flexibility index (Phi) is 18.2. The van der Waals surface area contributed by atoms with Crippen LogP contribution in [0.3, 0.4) is 0 Å². The van der Waals surface area contributed by atoms with Gasteiger partial charge in [-0.25, -0.2) is 0 Å². The standard InChI is InChI=1S/C38H56O2Si/c1-38(2,3)41(36-30-24-22-25-31-36,37-32-26-23-27-33-37)40-35-29-21-19-17-15-13-11-9-7-5-4-6-8-10-12-14-16-18-20-28-34-39/h22-27,30-33,39H,8-21,28-29,34-35H2,1-3H3. The molecule has 0 saturated heterocycles. The third-order valence-corrected chi connectivity index (χ3v) is 12.9. The molecule has 0 spiro atoms. The van der Waals surface area contributed by atoms with E-state index in [1.54, 1.807) is 0 Å². The van der Waals surface area contributed by atoms with Crippen LogP contribution in [0.2, 0.25) is 5.04 Å². The molecule has 0 aliphatic carbocycles. The van der Waals surface area contributed by atoms with Crippen molar-refractivity contribution < 1.29 is 9.53 Å². The van der Waals surface area contributed by atoms with Gasteiger partial charge in [0, 0.05) is 26.1 Å². The van der Waals surface area contributed by atoms with E-state index in [0.717, 1.165) is 38.7 Å². The topological polar surface area (TPSA) is 29.5 Å². The molecule has 0 radical (unpaired) electrons. The molecule has 0 aromatic heterocycles. The second kappa shape index (κ2) is 21.4. The first kappa shape index (κ1) is 34.9. The summed E-state index contributed by atoms with van der Waals surface area (Å²) in [5.41, 5.74) is 0. The number of aliphatic hydroxyl groups excluding tert-OH is 1. The third kappa shape index (κ3) is 13.5. The first-order chi connectivity index (χ1) is 20.0. The molecule has 0 saturated carbocycles. The van der Waals surface area contributed by atoms with Crippen LogP contribution >= 0.6 is 0 Å². The summed E-state index contributed by atoms with van der Waals surface area (Å²) in [6.45, 7) is 8.21. The highest BCUT2D eigenvalue weighted by Crippen LogP contribution is 2.36. The average Bonchev–Trinajstić information content (AvgIpc) is 2.98. The minimum atomic E-state index is -2.39. The highest BCUT2D eigenvalue weighted by Gasteiger charge is 2.49. The fraction of sp³-hybridized carbons (Fsp3) is 0.579. The van der Waals surface area contributed by atoms with Crippen molar-refractivity contribution in [2.45, 2.75) is 129 Å². The Balaban J connectivity index is 1.58. The maximum absolute atomic E-state index is 8.79. The highest BCUT2D eigenvalue weighted by atomic mass is 28.4. The van der Waals surface area contributed by atoms with Gasteiger partial charge in [-0.1, -0.05) is 157 Å². The van der Waals surface area contributed by atoms with Crippen LogP contribution < -0.4 is 10.4 Å². The molecular formula is C38H56O2Si. The van der Waals surface area contributed by atoms with Crippen LogP contribution in [-0.2, 0) is 4.43 Å². The Morgan fingerprint density at radius 1 is 0.561 bits per heavy atom.